The van der Waals surface area contributed by atoms with Crippen molar-refractivity contribution >= 4 is 0 Å². The van der Waals surface area contributed by atoms with Gasteiger partial charge < -0.3 is 10.5 Å². The summed E-state index contributed by atoms with van der Waals surface area (Å²) in [6, 6.07) is 4.21. The maximum absolute atomic E-state index is 6.23. The third kappa shape index (κ3) is 3.58. The van der Waals surface area contributed by atoms with Crippen LogP contribution in [0.25, 0.3) is 0 Å². The Morgan fingerprint density at radius 3 is 2.38 bits per heavy atom. The smallest absolute Gasteiger partial charge is 0.0465 e. The highest BCUT2D eigenvalue weighted by atomic mass is 16.5. The van der Waals surface area contributed by atoms with E-state index in [9.17, 15) is 0 Å². The fourth-order valence-electron chi connectivity index (χ4n) is 1.87. The molecule has 2 N–H and O–H groups in total. The van der Waals surface area contributed by atoms with Gasteiger partial charge in [0.2, 0.25) is 0 Å². The molecule has 0 bridgehead atoms. The Morgan fingerprint density at radius 2 is 1.88 bits per heavy atom. The molecule has 2 atom stereocenters. The monoisotopic (exact) mass is 222 g/mol. The lowest BCUT2D eigenvalue weighted by atomic mass is 9.93. The van der Waals surface area contributed by atoms with Crippen LogP contribution in [0.15, 0.2) is 12.1 Å². The van der Waals surface area contributed by atoms with Crippen molar-refractivity contribution in [3.05, 3.63) is 29.1 Å². The molecule has 3 nitrogen and oxygen atoms in total. The molecule has 0 saturated carbocycles. The summed E-state index contributed by atoms with van der Waals surface area (Å²) >= 11 is 0. The van der Waals surface area contributed by atoms with Gasteiger partial charge in [-0.2, -0.15) is 0 Å². The van der Waals surface area contributed by atoms with Crippen LogP contribution in [0.3, 0.4) is 0 Å². The molecule has 3 heteroatoms. The number of pyridine rings is 1. The van der Waals surface area contributed by atoms with Crippen molar-refractivity contribution in [3.8, 4) is 0 Å². The average Bonchev–Trinajstić information content (AvgIpc) is 2.23. The van der Waals surface area contributed by atoms with E-state index in [1.165, 1.54) is 5.56 Å². The lowest BCUT2D eigenvalue weighted by Crippen LogP contribution is -2.20. The van der Waals surface area contributed by atoms with Crippen LogP contribution in [0.2, 0.25) is 0 Å². The zero-order chi connectivity index (χ0) is 12.1. The third-order valence-corrected chi connectivity index (χ3v) is 2.88. The van der Waals surface area contributed by atoms with Crippen molar-refractivity contribution in [3.63, 3.8) is 0 Å². The molecule has 2 unspecified atom stereocenters. The Bertz CT molecular complexity index is 318. The van der Waals surface area contributed by atoms with Crippen molar-refractivity contribution in [1.82, 2.24) is 4.98 Å². The van der Waals surface area contributed by atoms with Crippen molar-refractivity contribution in [2.75, 3.05) is 13.7 Å². The molecule has 1 heterocycles. The molecule has 0 fully saturated rings. The van der Waals surface area contributed by atoms with Gasteiger partial charge in [-0.05, 0) is 43.9 Å². The van der Waals surface area contributed by atoms with Crippen LogP contribution in [0, 0.1) is 19.8 Å². The normalized spacial score (nSPS) is 14.8. The minimum absolute atomic E-state index is 0.0653. The number of aryl methyl sites for hydroxylation is 2. The largest absolute Gasteiger partial charge is 0.385 e. The summed E-state index contributed by atoms with van der Waals surface area (Å²) in [6.07, 6.45) is 0.984. The molecule has 0 aliphatic heterocycles. The van der Waals surface area contributed by atoms with E-state index < -0.39 is 0 Å². The lowest BCUT2D eigenvalue weighted by Gasteiger charge is -2.20. The first kappa shape index (κ1) is 13.1. The maximum atomic E-state index is 6.23. The van der Waals surface area contributed by atoms with Gasteiger partial charge in [0, 0.05) is 31.1 Å². The number of ether oxygens (including phenoxy) is 1. The Balaban J connectivity index is 2.74. The van der Waals surface area contributed by atoms with E-state index in [-0.39, 0.29) is 6.04 Å². The summed E-state index contributed by atoms with van der Waals surface area (Å²) in [4.78, 5) is 4.36. The number of hydrogen-bond donors (Lipinski definition) is 1. The highest BCUT2D eigenvalue weighted by Gasteiger charge is 2.15. The molecule has 0 saturated heterocycles. The summed E-state index contributed by atoms with van der Waals surface area (Å²) in [5, 5.41) is 0. The molecular formula is C13H22N2O. The van der Waals surface area contributed by atoms with Crippen LogP contribution in [-0.4, -0.2) is 18.7 Å². The first-order valence-corrected chi connectivity index (χ1v) is 5.74. The number of aromatic nitrogens is 1. The molecule has 90 valence electrons. The van der Waals surface area contributed by atoms with Gasteiger partial charge in [-0.25, -0.2) is 0 Å². The van der Waals surface area contributed by atoms with Crippen LogP contribution in [0.1, 0.15) is 36.3 Å². The minimum atomic E-state index is 0.0653. The molecule has 0 aliphatic rings. The fourth-order valence-corrected chi connectivity index (χ4v) is 1.87. The molecule has 0 aliphatic carbocycles. The van der Waals surface area contributed by atoms with E-state index in [0.29, 0.717) is 5.92 Å². The second kappa shape index (κ2) is 5.97. The van der Waals surface area contributed by atoms with Gasteiger partial charge >= 0.3 is 0 Å². The number of nitrogens with two attached hydrogens (primary N) is 1. The van der Waals surface area contributed by atoms with E-state index in [0.717, 1.165) is 24.4 Å². The molecular weight excluding hydrogens is 200 g/mol. The maximum Gasteiger partial charge on any atom is 0.0465 e. The highest BCUT2D eigenvalue weighted by molar-refractivity contribution is 5.23. The topological polar surface area (TPSA) is 48.1 Å². The van der Waals surface area contributed by atoms with Crippen molar-refractivity contribution < 1.29 is 4.74 Å². The van der Waals surface area contributed by atoms with Crippen LogP contribution < -0.4 is 5.73 Å². The molecule has 0 amide bonds. The summed E-state index contributed by atoms with van der Waals surface area (Å²) < 4.78 is 5.08. The fraction of sp³-hybridized carbons (Fsp3) is 0.615. The van der Waals surface area contributed by atoms with Gasteiger partial charge in [-0.1, -0.05) is 6.92 Å². The van der Waals surface area contributed by atoms with Gasteiger partial charge in [0.05, 0.1) is 0 Å². The molecule has 16 heavy (non-hydrogen) atoms. The Kier molecular flexibility index (Phi) is 4.90. The standard InChI is InChI=1S/C13H22N2O/c1-9(5-6-16-4)13(14)12-7-10(2)15-11(3)8-12/h7-9,13H,5-6,14H2,1-4H3. The minimum Gasteiger partial charge on any atom is -0.385 e. The second-order valence-corrected chi connectivity index (χ2v) is 4.47. The Hall–Kier alpha value is -0.930. The van der Waals surface area contributed by atoms with Crippen molar-refractivity contribution in [1.29, 1.82) is 0 Å². The predicted octanol–water partition coefficient (Wildman–Crippen LogP) is 2.37. The highest BCUT2D eigenvalue weighted by Crippen LogP contribution is 2.22. The molecule has 0 spiro atoms. The third-order valence-electron chi connectivity index (χ3n) is 2.88. The summed E-state index contributed by atoms with van der Waals surface area (Å²) in [5.41, 5.74) is 9.47. The van der Waals surface area contributed by atoms with Gasteiger partial charge in [-0.15, -0.1) is 0 Å². The number of rotatable bonds is 5. The van der Waals surface area contributed by atoms with Crippen molar-refractivity contribution in [2.24, 2.45) is 11.7 Å². The average molecular weight is 222 g/mol. The van der Waals surface area contributed by atoms with Crippen LogP contribution in [0.5, 0.6) is 0 Å². The number of methoxy groups -OCH3 is 1. The van der Waals surface area contributed by atoms with Crippen LogP contribution in [-0.2, 0) is 4.74 Å². The predicted molar refractivity (Wildman–Crippen MR) is 66.3 cm³/mol. The zero-order valence-electron chi connectivity index (χ0n) is 10.7. The molecule has 1 aromatic heterocycles. The Morgan fingerprint density at radius 1 is 1.31 bits per heavy atom. The van der Waals surface area contributed by atoms with Crippen molar-refractivity contribution in [2.45, 2.75) is 33.2 Å². The van der Waals surface area contributed by atoms with Crippen LogP contribution in [0.4, 0.5) is 0 Å². The first-order valence-electron chi connectivity index (χ1n) is 5.74. The molecule has 0 radical (unpaired) electrons. The summed E-state index contributed by atoms with van der Waals surface area (Å²) in [5.74, 6) is 0.418. The van der Waals surface area contributed by atoms with E-state index in [1.807, 2.05) is 13.8 Å². The number of nitrogens with zero attached hydrogens (tertiary/aromatic N) is 1. The van der Waals surface area contributed by atoms with E-state index in [2.05, 4.69) is 24.0 Å². The van der Waals surface area contributed by atoms with Gasteiger partial charge in [0.15, 0.2) is 0 Å². The zero-order valence-corrected chi connectivity index (χ0v) is 10.7. The molecule has 1 rings (SSSR count). The molecule has 0 aromatic carbocycles. The van der Waals surface area contributed by atoms with E-state index in [1.54, 1.807) is 7.11 Å². The second-order valence-electron chi connectivity index (χ2n) is 4.47. The Labute approximate surface area is 98.0 Å². The lowest BCUT2D eigenvalue weighted by molar-refractivity contribution is 0.174. The van der Waals surface area contributed by atoms with Crippen LogP contribution >= 0.6 is 0 Å². The van der Waals surface area contributed by atoms with Gasteiger partial charge in [0.25, 0.3) is 0 Å². The van der Waals surface area contributed by atoms with Gasteiger partial charge in [0.1, 0.15) is 0 Å². The quantitative estimate of drug-likeness (QED) is 0.832. The summed E-state index contributed by atoms with van der Waals surface area (Å²) in [7, 11) is 1.72. The molecule has 1 aromatic rings. The number of hydrogen-bond acceptors (Lipinski definition) is 3. The summed E-state index contributed by atoms with van der Waals surface area (Å²) in [6.45, 7) is 6.93. The van der Waals surface area contributed by atoms with E-state index in [4.69, 9.17) is 10.5 Å². The van der Waals surface area contributed by atoms with Gasteiger partial charge in [-0.3, -0.25) is 4.98 Å². The SMILES string of the molecule is COCCC(C)C(N)c1cc(C)nc(C)c1. The van der Waals surface area contributed by atoms with E-state index >= 15 is 0 Å². The first-order chi connectivity index (χ1) is 7.54.